The summed E-state index contributed by atoms with van der Waals surface area (Å²) < 4.78 is 0. The molecule has 11 heavy (non-hydrogen) atoms. The minimum absolute atomic E-state index is 0. The predicted molar refractivity (Wildman–Crippen MR) is 47.0 cm³/mol. The number of nitrogens with one attached hydrogen (secondary N) is 2. The van der Waals surface area contributed by atoms with Crippen molar-refractivity contribution in [1.82, 2.24) is 10.6 Å². The van der Waals surface area contributed by atoms with Crippen molar-refractivity contribution in [1.29, 1.82) is 0 Å². The van der Waals surface area contributed by atoms with Crippen molar-refractivity contribution in [2.75, 3.05) is 13.1 Å². The van der Waals surface area contributed by atoms with Crippen LogP contribution >= 0.6 is 12.4 Å². The SMILES string of the molecule is CCNC(=O)C1CCCN1.Cl. The van der Waals surface area contributed by atoms with Gasteiger partial charge < -0.3 is 10.6 Å². The Balaban J connectivity index is 0.000001000. The fraction of sp³-hybridized carbons (Fsp3) is 0.857. The van der Waals surface area contributed by atoms with Gasteiger partial charge in [0.2, 0.25) is 5.91 Å². The third-order valence-corrected chi connectivity index (χ3v) is 1.73. The lowest BCUT2D eigenvalue weighted by atomic mass is 10.2. The van der Waals surface area contributed by atoms with Crippen molar-refractivity contribution in [2.45, 2.75) is 25.8 Å². The number of carbonyl (C=O) groups is 1. The molecule has 66 valence electrons. The van der Waals surface area contributed by atoms with E-state index in [9.17, 15) is 4.79 Å². The molecule has 0 spiro atoms. The molecule has 0 aliphatic carbocycles. The first kappa shape index (κ1) is 10.7. The molecule has 0 bridgehead atoms. The molecule has 1 saturated heterocycles. The molecule has 0 aromatic carbocycles. The maximum atomic E-state index is 11.1. The van der Waals surface area contributed by atoms with Gasteiger partial charge >= 0.3 is 0 Å². The van der Waals surface area contributed by atoms with Crippen molar-refractivity contribution < 1.29 is 4.79 Å². The van der Waals surface area contributed by atoms with Gasteiger partial charge in [0, 0.05) is 6.54 Å². The van der Waals surface area contributed by atoms with Gasteiger partial charge in [-0.15, -0.1) is 12.4 Å². The summed E-state index contributed by atoms with van der Waals surface area (Å²) in [5.41, 5.74) is 0. The maximum Gasteiger partial charge on any atom is 0.237 e. The second-order valence-corrected chi connectivity index (χ2v) is 2.54. The minimum atomic E-state index is 0. The van der Waals surface area contributed by atoms with E-state index in [1.165, 1.54) is 0 Å². The molecular formula is C7H15ClN2O. The van der Waals surface area contributed by atoms with Crippen LogP contribution in [0, 0.1) is 0 Å². The van der Waals surface area contributed by atoms with Gasteiger partial charge in [-0.3, -0.25) is 4.79 Å². The molecule has 1 heterocycles. The Kier molecular flexibility index (Phi) is 5.24. The second kappa shape index (κ2) is 5.38. The molecule has 0 aromatic heterocycles. The zero-order valence-corrected chi connectivity index (χ0v) is 7.54. The zero-order chi connectivity index (χ0) is 7.40. The van der Waals surface area contributed by atoms with Crippen LogP contribution < -0.4 is 10.6 Å². The Hall–Kier alpha value is -0.280. The van der Waals surface area contributed by atoms with Crippen molar-refractivity contribution in [2.24, 2.45) is 0 Å². The Bertz CT molecular complexity index is 124. The highest BCUT2D eigenvalue weighted by molar-refractivity contribution is 5.85. The Morgan fingerprint density at radius 1 is 1.73 bits per heavy atom. The van der Waals surface area contributed by atoms with E-state index in [-0.39, 0.29) is 24.4 Å². The highest BCUT2D eigenvalue weighted by Gasteiger charge is 2.20. The van der Waals surface area contributed by atoms with Crippen LogP contribution in [0.15, 0.2) is 0 Å². The third-order valence-electron chi connectivity index (χ3n) is 1.73. The summed E-state index contributed by atoms with van der Waals surface area (Å²) in [6, 6.07) is 0.0833. The Morgan fingerprint density at radius 3 is 2.91 bits per heavy atom. The molecule has 1 atom stereocenters. The number of hydrogen-bond donors (Lipinski definition) is 2. The molecule has 3 nitrogen and oxygen atoms in total. The first-order chi connectivity index (χ1) is 4.84. The summed E-state index contributed by atoms with van der Waals surface area (Å²) in [6.45, 7) is 3.66. The van der Waals surface area contributed by atoms with E-state index in [2.05, 4.69) is 10.6 Å². The average Bonchev–Trinajstić information content (AvgIpc) is 2.38. The van der Waals surface area contributed by atoms with Crippen molar-refractivity contribution in [3.8, 4) is 0 Å². The van der Waals surface area contributed by atoms with Crippen molar-refractivity contribution in [3.63, 3.8) is 0 Å². The molecule has 1 unspecified atom stereocenters. The lowest BCUT2D eigenvalue weighted by molar-refractivity contribution is -0.122. The zero-order valence-electron chi connectivity index (χ0n) is 6.72. The number of carbonyl (C=O) groups excluding carboxylic acids is 1. The van der Waals surface area contributed by atoms with Gasteiger partial charge in [0.15, 0.2) is 0 Å². The van der Waals surface area contributed by atoms with Gasteiger partial charge in [-0.2, -0.15) is 0 Å². The van der Waals surface area contributed by atoms with Gasteiger partial charge in [-0.25, -0.2) is 0 Å². The summed E-state index contributed by atoms with van der Waals surface area (Å²) in [4.78, 5) is 11.1. The topological polar surface area (TPSA) is 41.1 Å². The van der Waals surface area contributed by atoms with Crippen LogP contribution in [0.3, 0.4) is 0 Å². The molecule has 2 N–H and O–H groups in total. The van der Waals surface area contributed by atoms with Gasteiger partial charge in [-0.1, -0.05) is 0 Å². The Morgan fingerprint density at radius 2 is 2.45 bits per heavy atom. The van der Waals surface area contributed by atoms with Gasteiger partial charge in [0.25, 0.3) is 0 Å². The number of rotatable bonds is 2. The number of amides is 1. The fourth-order valence-electron chi connectivity index (χ4n) is 1.21. The molecule has 1 fully saturated rings. The van der Waals surface area contributed by atoms with E-state index >= 15 is 0 Å². The van der Waals surface area contributed by atoms with Crippen molar-refractivity contribution in [3.05, 3.63) is 0 Å². The van der Waals surface area contributed by atoms with Crippen LogP contribution in [0.2, 0.25) is 0 Å². The number of hydrogen-bond acceptors (Lipinski definition) is 2. The van der Waals surface area contributed by atoms with Crippen LogP contribution in [0.1, 0.15) is 19.8 Å². The van der Waals surface area contributed by atoms with Crippen LogP contribution in [0.25, 0.3) is 0 Å². The highest BCUT2D eigenvalue weighted by atomic mass is 35.5. The van der Waals surface area contributed by atoms with E-state index in [1.54, 1.807) is 0 Å². The summed E-state index contributed by atoms with van der Waals surface area (Å²) in [7, 11) is 0. The summed E-state index contributed by atoms with van der Waals surface area (Å²) in [6.07, 6.45) is 2.12. The molecule has 1 rings (SSSR count). The molecular weight excluding hydrogens is 164 g/mol. The molecule has 0 saturated carbocycles. The molecule has 1 aliphatic rings. The molecule has 0 radical (unpaired) electrons. The first-order valence-electron chi connectivity index (χ1n) is 3.85. The quantitative estimate of drug-likeness (QED) is 0.639. The fourth-order valence-corrected chi connectivity index (χ4v) is 1.21. The van der Waals surface area contributed by atoms with E-state index in [0.29, 0.717) is 0 Å². The van der Waals surface area contributed by atoms with Crippen LogP contribution in [-0.2, 0) is 4.79 Å². The molecule has 1 aliphatic heterocycles. The maximum absolute atomic E-state index is 11.1. The molecule has 0 aromatic rings. The van der Waals surface area contributed by atoms with E-state index in [1.807, 2.05) is 6.92 Å². The average molecular weight is 179 g/mol. The largest absolute Gasteiger partial charge is 0.355 e. The van der Waals surface area contributed by atoms with Crippen LogP contribution in [0.4, 0.5) is 0 Å². The highest BCUT2D eigenvalue weighted by Crippen LogP contribution is 2.03. The van der Waals surface area contributed by atoms with E-state index < -0.39 is 0 Å². The van der Waals surface area contributed by atoms with E-state index in [0.717, 1.165) is 25.9 Å². The summed E-state index contributed by atoms with van der Waals surface area (Å²) in [5.74, 6) is 0.153. The summed E-state index contributed by atoms with van der Waals surface area (Å²) in [5, 5.41) is 5.92. The standard InChI is InChI=1S/C7H14N2O.ClH/c1-2-8-7(10)6-4-3-5-9-6;/h6,9H,2-5H2,1H3,(H,8,10);1H. The van der Waals surface area contributed by atoms with Gasteiger partial charge in [0.05, 0.1) is 6.04 Å². The predicted octanol–water partition coefficient (Wildman–Crippen LogP) is 0.296. The Labute approximate surface area is 73.3 Å². The van der Waals surface area contributed by atoms with Gasteiger partial charge in [-0.05, 0) is 26.3 Å². The van der Waals surface area contributed by atoms with E-state index in [4.69, 9.17) is 0 Å². The molecule has 1 amide bonds. The van der Waals surface area contributed by atoms with Crippen LogP contribution in [0.5, 0.6) is 0 Å². The minimum Gasteiger partial charge on any atom is -0.355 e. The lowest BCUT2D eigenvalue weighted by Gasteiger charge is -2.08. The van der Waals surface area contributed by atoms with Gasteiger partial charge in [0.1, 0.15) is 0 Å². The van der Waals surface area contributed by atoms with Crippen LogP contribution in [-0.4, -0.2) is 25.0 Å². The second-order valence-electron chi connectivity index (χ2n) is 2.54. The number of likely N-dealkylation sites (N-methyl/N-ethyl adjacent to an activating group) is 1. The normalized spacial score (nSPS) is 22.5. The molecule has 4 heteroatoms. The smallest absolute Gasteiger partial charge is 0.237 e. The first-order valence-corrected chi connectivity index (χ1v) is 3.85. The van der Waals surface area contributed by atoms with Crippen molar-refractivity contribution >= 4 is 18.3 Å². The lowest BCUT2D eigenvalue weighted by Crippen LogP contribution is -2.40. The monoisotopic (exact) mass is 178 g/mol. The number of halogens is 1. The summed E-state index contributed by atoms with van der Waals surface area (Å²) >= 11 is 0. The third kappa shape index (κ3) is 3.08.